The van der Waals surface area contributed by atoms with E-state index in [0.717, 1.165) is 64.2 Å². The van der Waals surface area contributed by atoms with Crippen LogP contribution in [-0.2, 0) is 15.6 Å². The minimum atomic E-state index is -5.54. The lowest BCUT2D eigenvalue weighted by atomic mass is 9.44. The molecule has 3 unspecified atom stereocenters. The fraction of sp³-hybridized carbons (Fsp3) is 0.917. The van der Waals surface area contributed by atoms with E-state index < -0.39 is 34.9 Å². The molecule has 4 aliphatic rings. The molecule has 0 aliphatic heterocycles. The topological polar surface area (TPSA) is 54.4 Å². The average molecular weight is 665 g/mol. The van der Waals surface area contributed by atoms with Crippen LogP contribution in [0.1, 0.15) is 143 Å². The van der Waals surface area contributed by atoms with Crippen molar-refractivity contribution in [3.05, 3.63) is 11.6 Å². The summed E-state index contributed by atoms with van der Waals surface area (Å²) in [5.74, 6) is -1.77. The number of alkyl halides is 5. The molecule has 0 radical (unpaired) electrons. The number of hydrogen-bond donors (Lipinski definition) is 1. The van der Waals surface area contributed by atoms with Crippen molar-refractivity contribution in [3.8, 4) is 0 Å². The highest BCUT2D eigenvalue weighted by atomic mass is 32.2. The summed E-state index contributed by atoms with van der Waals surface area (Å²) >= 11 is 0. The lowest BCUT2D eigenvalue weighted by molar-refractivity contribution is -0.284. The molecule has 0 aromatic carbocycles. The van der Waals surface area contributed by atoms with Gasteiger partial charge in [0.1, 0.15) is 0 Å². The van der Waals surface area contributed by atoms with Gasteiger partial charge in [0.15, 0.2) is 5.78 Å². The Labute approximate surface area is 270 Å². The zero-order valence-corrected chi connectivity index (χ0v) is 28.6. The van der Waals surface area contributed by atoms with E-state index in [2.05, 4.69) is 20.8 Å². The molecular weight excluding hydrogens is 607 g/mol. The van der Waals surface area contributed by atoms with E-state index in [1.807, 2.05) is 6.08 Å². The lowest BCUT2D eigenvalue weighted by Gasteiger charge is -2.61. The van der Waals surface area contributed by atoms with Gasteiger partial charge in [0.05, 0.1) is 5.60 Å². The van der Waals surface area contributed by atoms with Gasteiger partial charge in [-0.1, -0.05) is 70.8 Å². The van der Waals surface area contributed by atoms with Crippen molar-refractivity contribution in [1.29, 1.82) is 0 Å². The third kappa shape index (κ3) is 8.25. The van der Waals surface area contributed by atoms with E-state index in [0.29, 0.717) is 48.0 Å². The minimum Gasteiger partial charge on any atom is -0.390 e. The van der Waals surface area contributed by atoms with Gasteiger partial charge in [-0.25, -0.2) is 0 Å². The maximum atomic E-state index is 13.0. The first-order valence-corrected chi connectivity index (χ1v) is 19.3. The summed E-state index contributed by atoms with van der Waals surface area (Å²) in [4.78, 5) is 12.4. The Kier molecular flexibility index (Phi) is 12.1. The lowest BCUT2D eigenvalue weighted by Crippen LogP contribution is -2.56. The first-order valence-electron chi connectivity index (χ1n) is 17.8. The molecule has 0 aromatic heterocycles. The quantitative estimate of drug-likeness (QED) is 0.132. The second kappa shape index (κ2) is 14.7. The SMILES string of the molecule is CC1(O)CC[C@H]2[C@@H]3C(CCCCCCCCCCCS(=O)CCCC(F)(F)C(F)(F)F)CC4=CC(=O)CC[C@]4(C)[C@@H]3CC[C@@]21C. The minimum absolute atomic E-state index is 0.0160. The normalized spacial score (nSPS) is 35.8. The van der Waals surface area contributed by atoms with Crippen LogP contribution in [0.5, 0.6) is 0 Å². The van der Waals surface area contributed by atoms with Gasteiger partial charge in [0.2, 0.25) is 0 Å². The smallest absolute Gasteiger partial charge is 0.390 e. The van der Waals surface area contributed by atoms with Gasteiger partial charge in [-0.15, -0.1) is 0 Å². The van der Waals surface area contributed by atoms with E-state index in [1.54, 1.807) is 0 Å². The van der Waals surface area contributed by atoms with E-state index in [9.17, 15) is 36.1 Å². The van der Waals surface area contributed by atoms with Crippen LogP contribution in [0.4, 0.5) is 22.0 Å². The predicted molar refractivity (Wildman–Crippen MR) is 170 cm³/mol. The Morgan fingerprint density at radius 1 is 0.822 bits per heavy atom. The van der Waals surface area contributed by atoms with Gasteiger partial charge in [-0.05, 0) is 105 Å². The largest absolute Gasteiger partial charge is 0.453 e. The summed E-state index contributed by atoms with van der Waals surface area (Å²) in [5, 5.41) is 11.4. The first kappa shape index (κ1) is 37.0. The van der Waals surface area contributed by atoms with E-state index in [1.165, 1.54) is 37.7 Å². The molecule has 0 saturated heterocycles. The van der Waals surface area contributed by atoms with Crippen LogP contribution in [-0.4, -0.2) is 44.3 Å². The highest BCUT2D eigenvalue weighted by molar-refractivity contribution is 7.84. The predicted octanol–water partition coefficient (Wildman–Crippen LogP) is 10.1. The van der Waals surface area contributed by atoms with Gasteiger partial charge in [-0.3, -0.25) is 9.00 Å². The molecule has 3 fully saturated rings. The molecule has 3 saturated carbocycles. The van der Waals surface area contributed by atoms with Gasteiger partial charge in [-0.2, -0.15) is 22.0 Å². The van der Waals surface area contributed by atoms with Crippen molar-refractivity contribution < 1.29 is 36.1 Å². The molecule has 0 spiro atoms. The number of carbonyl (C=O) groups excluding carboxylic acids is 1. The zero-order chi connectivity index (χ0) is 33.1. The van der Waals surface area contributed by atoms with Crippen molar-refractivity contribution in [1.82, 2.24) is 0 Å². The Balaban J connectivity index is 1.13. The van der Waals surface area contributed by atoms with E-state index >= 15 is 0 Å². The van der Waals surface area contributed by atoms with E-state index in [-0.39, 0.29) is 23.0 Å². The summed E-state index contributed by atoms with van der Waals surface area (Å²) < 4.78 is 74.6. The third-order valence-electron chi connectivity index (χ3n) is 12.9. The van der Waals surface area contributed by atoms with Crippen LogP contribution in [0.2, 0.25) is 0 Å². The number of fused-ring (bicyclic) bond motifs is 5. The maximum Gasteiger partial charge on any atom is 0.453 e. The van der Waals surface area contributed by atoms with Crippen LogP contribution < -0.4 is 0 Å². The number of hydrogen-bond acceptors (Lipinski definition) is 3. The number of unbranched alkanes of at least 4 members (excludes halogenated alkanes) is 8. The molecular formula is C36H57F5O3S. The molecule has 45 heavy (non-hydrogen) atoms. The zero-order valence-electron chi connectivity index (χ0n) is 27.8. The second-order valence-electron chi connectivity index (χ2n) is 15.7. The second-order valence-corrected chi connectivity index (χ2v) is 17.4. The first-order chi connectivity index (χ1) is 21.0. The fourth-order valence-electron chi connectivity index (χ4n) is 9.85. The molecule has 0 bridgehead atoms. The monoisotopic (exact) mass is 664 g/mol. The Morgan fingerprint density at radius 2 is 1.40 bits per heavy atom. The van der Waals surface area contributed by atoms with Crippen molar-refractivity contribution >= 4 is 16.6 Å². The number of carbonyl (C=O) groups is 1. The number of allylic oxidation sites excluding steroid dienone is 1. The highest BCUT2D eigenvalue weighted by Crippen LogP contribution is 2.69. The fourth-order valence-corrected chi connectivity index (χ4v) is 11.0. The molecule has 4 rings (SSSR count). The van der Waals surface area contributed by atoms with Crippen LogP contribution in [0.15, 0.2) is 11.6 Å². The van der Waals surface area contributed by atoms with Gasteiger partial charge in [0, 0.05) is 35.1 Å². The molecule has 0 aromatic rings. The number of ketones is 1. The van der Waals surface area contributed by atoms with Gasteiger partial charge < -0.3 is 5.11 Å². The highest BCUT2D eigenvalue weighted by Gasteiger charge is 2.64. The van der Waals surface area contributed by atoms with Crippen LogP contribution in [0, 0.1) is 34.5 Å². The van der Waals surface area contributed by atoms with Gasteiger partial charge >= 0.3 is 12.1 Å². The molecule has 0 amide bonds. The van der Waals surface area contributed by atoms with Crippen molar-refractivity contribution in [2.45, 2.75) is 160 Å². The Morgan fingerprint density at radius 3 is 2.04 bits per heavy atom. The summed E-state index contributed by atoms with van der Waals surface area (Å²) in [6.45, 7) is 6.85. The number of aliphatic hydroxyl groups is 1. The summed E-state index contributed by atoms with van der Waals surface area (Å²) in [5.41, 5.74) is 0.931. The molecule has 8 atom stereocenters. The molecule has 4 aliphatic carbocycles. The Bertz CT molecular complexity index is 1070. The van der Waals surface area contributed by atoms with E-state index in [4.69, 9.17) is 0 Å². The maximum absolute atomic E-state index is 13.0. The third-order valence-corrected chi connectivity index (χ3v) is 14.4. The molecule has 260 valence electrons. The van der Waals surface area contributed by atoms with Crippen LogP contribution >= 0.6 is 0 Å². The number of rotatable bonds is 16. The van der Waals surface area contributed by atoms with Crippen LogP contribution in [0.3, 0.4) is 0 Å². The molecule has 3 nitrogen and oxygen atoms in total. The summed E-state index contributed by atoms with van der Waals surface area (Å²) in [7, 11) is -1.35. The number of halogens is 5. The summed E-state index contributed by atoms with van der Waals surface area (Å²) in [6.07, 6.45) is 12.6. The molecule has 1 N–H and O–H groups in total. The summed E-state index contributed by atoms with van der Waals surface area (Å²) in [6, 6.07) is 0. The average Bonchev–Trinajstić information content (AvgIpc) is 3.20. The molecule has 9 heteroatoms. The Hall–Kier alpha value is -0.830. The van der Waals surface area contributed by atoms with Gasteiger partial charge in [0.25, 0.3) is 0 Å². The van der Waals surface area contributed by atoms with Crippen LogP contribution in [0.25, 0.3) is 0 Å². The van der Waals surface area contributed by atoms with Crippen molar-refractivity contribution in [2.24, 2.45) is 34.5 Å². The standard InChI is InChI=1S/C36H57F5O3S/c1-32-19-15-28(42)25-27(32)24-26(31-29(32)16-20-33(2)30(31)17-21-34(33,3)43)14-11-9-7-5-4-6-8-10-12-22-45(44)23-13-18-35(37,38)36(39,40)41/h25-26,29-31,43H,4-24H2,1-3H3/t26?,29-,30+,31-,32+,33+,34?,45?/m1/s1. The van der Waals surface area contributed by atoms with Crippen molar-refractivity contribution in [3.63, 3.8) is 0 Å². The molecule has 0 heterocycles. The van der Waals surface area contributed by atoms with Crippen molar-refractivity contribution in [2.75, 3.05) is 11.5 Å².